The number of ether oxygens (including phenoxy) is 1. The summed E-state index contributed by atoms with van der Waals surface area (Å²) in [7, 11) is 1.56. The molecule has 0 radical (unpaired) electrons. The third-order valence-electron chi connectivity index (χ3n) is 6.58. The van der Waals surface area contributed by atoms with Gasteiger partial charge in [0.05, 0.1) is 35.5 Å². The Kier molecular flexibility index (Phi) is 7.50. The predicted octanol–water partition coefficient (Wildman–Crippen LogP) is 4.79. The number of carbonyl (C=O) groups excluding carboxylic acids is 1. The molecule has 2 aromatic carbocycles. The van der Waals surface area contributed by atoms with Crippen molar-refractivity contribution >= 4 is 34.6 Å². The Morgan fingerprint density at radius 3 is 2.59 bits per heavy atom. The van der Waals surface area contributed by atoms with Gasteiger partial charge >= 0.3 is 0 Å². The Labute approximate surface area is 230 Å². The molecule has 2 N–H and O–H groups in total. The topological polar surface area (TPSA) is 115 Å². The van der Waals surface area contributed by atoms with Crippen molar-refractivity contribution in [3.63, 3.8) is 0 Å². The van der Waals surface area contributed by atoms with E-state index in [0.717, 1.165) is 17.1 Å². The molecule has 198 valence electrons. The second-order valence-electron chi connectivity index (χ2n) is 8.90. The van der Waals surface area contributed by atoms with Crippen LogP contribution >= 0.6 is 12.2 Å². The number of thiocarbonyl (C=S) groups is 1. The van der Waals surface area contributed by atoms with Crippen LogP contribution < -0.4 is 15.4 Å². The first-order chi connectivity index (χ1) is 19.0. The summed E-state index contributed by atoms with van der Waals surface area (Å²) in [6.45, 7) is 0.353. The molecule has 1 amide bonds. The van der Waals surface area contributed by atoms with Crippen LogP contribution in [0.25, 0.3) is 5.69 Å². The lowest BCUT2D eigenvalue weighted by atomic mass is 10.0. The van der Waals surface area contributed by atoms with Crippen molar-refractivity contribution in [3.8, 4) is 11.4 Å². The second kappa shape index (κ2) is 11.3. The van der Waals surface area contributed by atoms with Crippen LogP contribution in [0.1, 0.15) is 29.9 Å². The number of para-hydroxylation sites is 2. The molecule has 2 atom stereocenters. The highest BCUT2D eigenvalue weighted by atomic mass is 32.1. The average molecular weight is 543 g/mol. The number of nitrogens with zero attached hydrogens (tertiary/aromatic N) is 4. The van der Waals surface area contributed by atoms with Gasteiger partial charge in [0.1, 0.15) is 5.75 Å². The van der Waals surface area contributed by atoms with Crippen molar-refractivity contribution in [2.24, 2.45) is 0 Å². The minimum absolute atomic E-state index is 0.0187. The highest BCUT2D eigenvalue weighted by molar-refractivity contribution is 7.80. The number of rotatable bonds is 9. The Balaban J connectivity index is 1.44. The smallest absolute Gasteiger partial charge is 0.269 e. The van der Waals surface area contributed by atoms with Crippen LogP contribution in [0, 0.1) is 10.1 Å². The molecule has 1 aliphatic heterocycles. The molecule has 1 fully saturated rings. The van der Waals surface area contributed by atoms with Crippen LogP contribution in [-0.4, -0.2) is 44.0 Å². The molecule has 1 aliphatic rings. The van der Waals surface area contributed by atoms with E-state index in [1.54, 1.807) is 37.6 Å². The molecule has 4 aromatic rings. The van der Waals surface area contributed by atoms with E-state index < -0.39 is 4.92 Å². The van der Waals surface area contributed by atoms with Gasteiger partial charge in [-0.05, 0) is 60.7 Å². The van der Waals surface area contributed by atoms with Crippen LogP contribution in [-0.2, 0) is 4.79 Å². The highest BCUT2D eigenvalue weighted by Crippen LogP contribution is 2.39. The number of hydrogen-bond acceptors (Lipinski definition) is 6. The number of hydrogen-bond donors (Lipinski definition) is 2. The maximum Gasteiger partial charge on any atom is 0.269 e. The van der Waals surface area contributed by atoms with E-state index in [9.17, 15) is 14.9 Å². The number of pyridine rings is 1. The van der Waals surface area contributed by atoms with Gasteiger partial charge in [0.2, 0.25) is 5.91 Å². The van der Waals surface area contributed by atoms with Crippen molar-refractivity contribution < 1.29 is 14.5 Å². The zero-order chi connectivity index (χ0) is 27.4. The number of aromatic nitrogens is 2. The number of benzene rings is 2. The lowest BCUT2D eigenvalue weighted by Crippen LogP contribution is -2.33. The number of nitro groups is 1. The maximum absolute atomic E-state index is 12.9. The lowest BCUT2D eigenvalue weighted by molar-refractivity contribution is -0.384. The summed E-state index contributed by atoms with van der Waals surface area (Å²) >= 11 is 5.75. The van der Waals surface area contributed by atoms with Gasteiger partial charge in [-0.2, -0.15) is 0 Å². The number of non-ortho nitro benzene ring substituents is 1. The fraction of sp³-hybridized carbons (Fsp3) is 0.179. The van der Waals surface area contributed by atoms with Crippen LogP contribution in [0.3, 0.4) is 0 Å². The normalized spacial score (nSPS) is 16.5. The van der Waals surface area contributed by atoms with Crippen molar-refractivity contribution in [1.29, 1.82) is 0 Å². The van der Waals surface area contributed by atoms with Crippen LogP contribution in [0.4, 0.5) is 11.4 Å². The third kappa shape index (κ3) is 5.43. The van der Waals surface area contributed by atoms with Gasteiger partial charge in [-0.3, -0.25) is 19.9 Å². The number of methoxy groups -OCH3 is 1. The molecule has 0 spiro atoms. The number of nitro benzene ring substituents is 1. The maximum atomic E-state index is 12.9. The van der Waals surface area contributed by atoms with Crippen LogP contribution in [0.2, 0.25) is 0 Å². The first-order valence-corrected chi connectivity index (χ1v) is 12.7. The van der Waals surface area contributed by atoms with E-state index in [4.69, 9.17) is 17.0 Å². The number of carbonyl (C=O) groups is 1. The molecule has 0 aliphatic carbocycles. The lowest BCUT2D eigenvalue weighted by Gasteiger charge is -2.29. The standard InChI is InChI=1S/C28H26N6O4S/c1-38-24-10-3-2-7-21(24)30-25(35)15-18-33-27(26(31-28(33)39)22-8-4-5-16-29-22)23-9-6-17-32(23)19-11-13-20(14-12-19)34(36)37/h2-14,16-17,26-27H,15,18H2,1H3,(H,30,35)(H,31,39)/t26-,27+/m0/s1. The molecule has 1 saturated heterocycles. The fourth-order valence-corrected chi connectivity index (χ4v) is 5.09. The summed E-state index contributed by atoms with van der Waals surface area (Å²) in [4.78, 5) is 30.2. The quantitative estimate of drug-likeness (QED) is 0.176. The molecule has 0 unspecified atom stereocenters. The first kappa shape index (κ1) is 25.9. The summed E-state index contributed by atoms with van der Waals surface area (Å²) in [5, 5.41) is 18.0. The molecule has 5 rings (SSSR count). The molecule has 11 heteroatoms. The van der Waals surface area contributed by atoms with Crippen molar-refractivity contribution in [1.82, 2.24) is 19.8 Å². The fourth-order valence-electron chi connectivity index (χ4n) is 4.76. The molecule has 0 saturated carbocycles. The van der Waals surface area contributed by atoms with Gasteiger partial charge in [-0.25, -0.2) is 0 Å². The van der Waals surface area contributed by atoms with Gasteiger partial charge in [-0.15, -0.1) is 0 Å². The minimum atomic E-state index is -0.422. The van der Waals surface area contributed by atoms with Gasteiger partial charge in [0.15, 0.2) is 5.11 Å². The molecule has 39 heavy (non-hydrogen) atoms. The van der Waals surface area contributed by atoms with E-state index >= 15 is 0 Å². The van der Waals surface area contributed by atoms with E-state index in [1.807, 2.05) is 58.1 Å². The van der Waals surface area contributed by atoms with Gasteiger partial charge in [0, 0.05) is 48.9 Å². The molecule has 0 bridgehead atoms. The van der Waals surface area contributed by atoms with Crippen molar-refractivity contribution in [2.75, 3.05) is 19.0 Å². The van der Waals surface area contributed by atoms with Gasteiger partial charge in [-0.1, -0.05) is 18.2 Å². The molecule has 3 heterocycles. The largest absolute Gasteiger partial charge is 0.495 e. The molecule has 2 aromatic heterocycles. The zero-order valence-corrected chi connectivity index (χ0v) is 21.9. The minimum Gasteiger partial charge on any atom is -0.495 e. The Morgan fingerprint density at radius 2 is 1.87 bits per heavy atom. The van der Waals surface area contributed by atoms with Crippen LogP contribution in [0.15, 0.2) is 91.3 Å². The summed E-state index contributed by atoms with van der Waals surface area (Å²) in [6, 6.07) is 22.7. The van der Waals surface area contributed by atoms with Crippen molar-refractivity contribution in [2.45, 2.75) is 18.5 Å². The SMILES string of the molecule is COc1ccccc1NC(=O)CCN1C(=S)N[C@@H](c2ccccn2)[C@H]1c1cccn1-c1ccc([N+](=O)[O-])cc1. The Morgan fingerprint density at radius 1 is 1.10 bits per heavy atom. The highest BCUT2D eigenvalue weighted by Gasteiger charge is 2.41. The average Bonchev–Trinajstić information content (AvgIpc) is 3.57. The molecular weight excluding hydrogens is 516 g/mol. The number of amides is 1. The Bertz CT molecular complexity index is 1490. The van der Waals surface area contributed by atoms with E-state index in [-0.39, 0.29) is 30.1 Å². The number of anilines is 1. The van der Waals surface area contributed by atoms with Gasteiger partial charge in [0.25, 0.3) is 5.69 Å². The van der Waals surface area contributed by atoms with E-state index in [1.165, 1.54) is 12.1 Å². The Hall–Kier alpha value is -4.77. The van der Waals surface area contributed by atoms with Crippen LogP contribution in [0.5, 0.6) is 5.75 Å². The third-order valence-corrected chi connectivity index (χ3v) is 6.93. The van der Waals surface area contributed by atoms with E-state index in [0.29, 0.717) is 23.1 Å². The molecular formula is C28H26N6O4S. The molecule has 10 nitrogen and oxygen atoms in total. The summed E-state index contributed by atoms with van der Waals surface area (Å²) in [5.41, 5.74) is 3.10. The number of nitrogens with one attached hydrogen (secondary N) is 2. The predicted molar refractivity (Wildman–Crippen MR) is 151 cm³/mol. The summed E-state index contributed by atoms with van der Waals surface area (Å²) < 4.78 is 7.32. The summed E-state index contributed by atoms with van der Waals surface area (Å²) in [5.74, 6) is 0.409. The summed E-state index contributed by atoms with van der Waals surface area (Å²) in [6.07, 6.45) is 3.82. The van der Waals surface area contributed by atoms with Gasteiger partial charge < -0.3 is 24.8 Å². The first-order valence-electron chi connectivity index (χ1n) is 12.3. The monoisotopic (exact) mass is 542 g/mol. The second-order valence-corrected chi connectivity index (χ2v) is 9.28. The van der Waals surface area contributed by atoms with Crippen molar-refractivity contribution in [3.05, 3.63) is 113 Å². The zero-order valence-electron chi connectivity index (χ0n) is 21.1. The van der Waals surface area contributed by atoms with E-state index in [2.05, 4.69) is 15.6 Å².